The minimum Gasteiger partial charge on any atom is -0.316 e. The van der Waals surface area contributed by atoms with Crippen LogP contribution in [0.4, 0.5) is 0 Å². The largest absolute Gasteiger partial charge is 0.316 e. The Morgan fingerprint density at radius 1 is 1.44 bits per heavy atom. The molecule has 0 amide bonds. The van der Waals surface area contributed by atoms with Crippen LogP contribution in [0.15, 0.2) is 24.3 Å². The van der Waals surface area contributed by atoms with Gasteiger partial charge in [0.25, 0.3) is 0 Å². The van der Waals surface area contributed by atoms with Crippen LogP contribution in [0.3, 0.4) is 0 Å². The third kappa shape index (κ3) is 2.70. The molecule has 1 aromatic rings. The number of piperidine rings is 1. The van der Waals surface area contributed by atoms with Crippen LogP contribution in [-0.4, -0.2) is 18.9 Å². The molecule has 1 heterocycles. The van der Waals surface area contributed by atoms with E-state index in [2.05, 4.69) is 24.4 Å². The number of benzene rings is 1. The summed E-state index contributed by atoms with van der Waals surface area (Å²) in [4.78, 5) is 12.1. The maximum atomic E-state index is 12.1. The van der Waals surface area contributed by atoms with Crippen molar-refractivity contribution in [2.45, 2.75) is 26.2 Å². The summed E-state index contributed by atoms with van der Waals surface area (Å²) in [6.07, 6.45) is 2.78. The molecule has 1 aliphatic heterocycles. The summed E-state index contributed by atoms with van der Waals surface area (Å²) in [7, 11) is 0. The molecule has 1 aliphatic rings. The van der Waals surface area contributed by atoms with E-state index in [0.29, 0.717) is 12.2 Å². The standard InChI is InChI=1S/C14H19NO/c1-11-5-2-3-6-12(11)9-14(16)13-7-4-8-15-10-13/h2-3,5-6,13,15H,4,7-10H2,1H3. The number of carbonyl (C=O) groups excluding carboxylic acids is 1. The Morgan fingerprint density at radius 3 is 2.94 bits per heavy atom. The molecule has 0 bridgehead atoms. The second kappa shape index (κ2) is 5.26. The van der Waals surface area contributed by atoms with Gasteiger partial charge in [-0.2, -0.15) is 0 Å². The monoisotopic (exact) mass is 217 g/mol. The molecular weight excluding hydrogens is 198 g/mol. The summed E-state index contributed by atoms with van der Waals surface area (Å²) >= 11 is 0. The van der Waals surface area contributed by atoms with Crippen molar-refractivity contribution < 1.29 is 4.79 Å². The Kier molecular flexibility index (Phi) is 3.73. The van der Waals surface area contributed by atoms with Gasteiger partial charge in [0.05, 0.1) is 0 Å². The first-order chi connectivity index (χ1) is 7.77. The van der Waals surface area contributed by atoms with E-state index < -0.39 is 0 Å². The van der Waals surface area contributed by atoms with Gasteiger partial charge in [0.1, 0.15) is 5.78 Å². The number of hydrogen-bond acceptors (Lipinski definition) is 2. The van der Waals surface area contributed by atoms with Gasteiger partial charge in [-0.3, -0.25) is 4.79 Å². The predicted octanol–water partition coefficient (Wildman–Crippen LogP) is 2.11. The molecule has 0 aromatic heterocycles. The Hall–Kier alpha value is -1.15. The van der Waals surface area contributed by atoms with Crippen molar-refractivity contribution in [3.63, 3.8) is 0 Å². The highest BCUT2D eigenvalue weighted by Gasteiger charge is 2.20. The summed E-state index contributed by atoms with van der Waals surface area (Å²) in [5.41, 5.74) is 2.40. The number of hydrogen-bond donors (Lipinski definition) is 1. The molecule has 0 saturated carbocycles. The molecule has 1 aromatic carbocycles. The highest BCUT2D eigenvalue weighted by atomic mass is 16.1. The fraction of sp³-hybridized carbons (Fsp3) is 0.500. The van der Waals surface area contributed by atoms with Crippen LogP contribution in [0.2, 0.25) is 0 Å². The van der Waals surface area contributed by atoms with Crippen molar-refractivity contribution in [2.24, 2.45) is 5.92 Å². The average molecular weight is 217 g/mol. The number of carbonyl (C=O) groups is 1. The van der Waals surface area contributed by atoms with Crippen molar-refractivity contribution in [3.05, 3.63) is 35.4 Å². The molecule has 1 fully saturated rings. The molecule has 0 aliphatic carbocycles. The molecule has 1 atom stereocenters. The Balaban J connectivity index is 1.99. The van der Waals surface area contributed by atoms with Crippen LogP contribution in [0.1, 0.15) is 24.0 Å². The first-order valence-corrected chi connectivity index (χ1v) is 6.05. The zero-order chi connectivity index (χ0) is 11.4. The molecule has 2 heteroatoms. The maximum absolute atomic E-state index is 12.1. The van der Waals surface area contributed by atoms with Crippen molar-refractivity contribution in [3.8, 4) is 0 Å². The highest BCUT2D eigenvalue weighted by Crippen LogP contribution is 2.16. The lowest BCUT2D eigenvalue weighted by molar-refractivity contribution is -0.122. The first-order valence-electron chi connectivity index (χ1n) is 6.05. The fourth-order valence-corrected chi connectivity index (χ4v) is 2.27. The van der Waals surface area contributed by atoms with Gasteiger partial charge in [-0.15, -0.1) is 0 Å². The second-order valence-electron chi connectivity index (χ2n) is 4.61. The minimum absolute atomic E-state index is 0.230. The fourth-order valence-electron chi connectivity index (χ4n) is 2.27. The Morgan fingerprint density at radius 2 is 2.25 bits per heavy atom. The molecule has 0 radical (unpaired) electrons. The SMILES string of the molecule is Cc1ccccc1CC(=O)C1CCCNC1. The van der Waals surface area contributed by atoms with Gasteiger partial charge < -0.3 is 5.32 Å². The molecule has 86 valence electrons. The molecule has 2 rings (SSSR count). The predicted molar refractivity (Wildman–Crippen MR) is 65.5 cm³/mol. The van der Waals surface area contributed by atoms with Crippen LogP contribution in [-0.2, 0) is 11.2 Å². The van der Waals surface area contributed by atoms with Crippen LogP contribution in [0.5, 0.6) is 0 Å². The smallest absolute Gasteiger partial charge is 0.141 e. The van der Waals surface area contributed by atoms with Crippen molar-refractivity contribution >= 4 is 5.78 Å². The number of nitrogens with one attached hydrogen (secondary N) is 1. The highest BCUT2D eigenvalue weighted by molar-refractivity contribution is 5.83. The van der Waals surface area contributed by atoms with Crippen molar-refractivity contribution in [1.29, 1.82) is 0 Å². The maximum Gasteiger partial charge on any atom is 0.141 e. The van der Waals surface area contributed by atoms with Crippen LogP contribution < -0.4 is 5.32 Å². The quantitative estimate of drug-likeness (QED) is 0.840. The van der Waals surface area contributed by atoms with Crippen molar-refractivity contribution in [1.82, 2.24) is 5.32 Å². The normalized spacial score (nSPS) is 20.7. The zero-order valence-electron chi connectivity index (χ0n) is 9.83. The third-order valence-electron chi connectivity index (χ3n) is 3.38. The van der Waals surface area contributed by atoms with E-state index in [9.17, 15) is 4.79 Å². The molecule has 0 spiro atoms. The number of Topliss-reactive ketones (excluding diaryl/α,β-unsaturated/α-hetero) is 1. The lowest BCUT2D eigenvalue weighted by Gasteiger charge is -2.21. The van der Waals surface area contributed by atoms with Gasteiger partial charge >= 0.3 is 0 Å². The van der Waals surface area contributed by atoms with Crippen LogP contribution in [0, 0.1) is 12.8 Å². The summed E-state index contributed by atoms with van der Waals surface area (Å²) in [6.45, 7) is 4.00. The summed E-state index contributed by atoms with van der Waals surface area (Å²) in [5.74, 6) is 0.620. The summed E-state index contributed by atoms with van der Waals surface area (Å²) in [6, 6.07) is 8.16. The summed E-state index contributed by atoms with van der Waals surface area (Å²) < 4.78 is 0. The second-order valence-corrected chi connectivity index (χ2v) is 4.61. The van der Waals surface area contributed by atoms with E-state index in [4.69, 9.17) is 0 Å². The Labute approximate surface area is 97.1 Å². The Bertz CT molecular complexity index is 367. The number of ketones is 1. The molecular formula is C14H19NO. The topological polar surface area (TPSA) is 29.1 Å². The van der Waals surface area contributed by atoms with Crippen molar-refractivity contribution in [2.75, 3.05) is 13.1 Å². The lowest BCUT2D eigenvalue weighted by Crippen LogP contribution is -2.35. The summed E-state index contributed by atoms with van der Waals surface area (Å²) in [5, 5.41) is 3.30. The van der Waals surface area contributed by atoms with Gasteiger partial charge in [-0.05, 0) is 37.4 Å². The molecule has 1 N–H and O–H groups in total. The van der Waals surface area contributed by atoms with Gasteiger partial charge in [0, 0.05) is 18.9 Å². The number of rotatable bonds is 3. The van der Waals surface area contributed by atoms with Gasteiger partial charge in [0.15, 0.2) is 0 Å². The minimum atomic E-state index is 0.230. The molecule has 1 unspecified atom stereocenters. The van der Waals surface area contributed by atoms with E-state index in [1.807, 2.05) is 12.1 Å². The van der Waals surface area contributed by atoms with Crippen LogP contribution >= 0.6 is 0 Å². The van der Waals surface area contributed by atoms with E-state index in [-0.39, 0.29) is 5.92 Å². The number of aryl methyl sites for hydroxylation is 1. The van der Waals surface area contributed by atoms with Gasteiger partial charge in [-0.25, -0.2) is 0 Å². The van der Waals surface area contributed by atoms with Gasteiger partial charge in [-0.1, -0.05) is 24.3 Å². The first kappa shape index (κ1) is 11.3. The van der Waals surface area contributed by atoms with E-state index >= 15 is 0 Å². The van der Waals surface area contributed by atoms with E-state index in [1.54, 1.807) is 0 Å². The third-order valence-corrected chi connectivity index (χ3v) is 3.38. The molecule has 1 saturated heterocycles. The molecule has 16 heavy (non-hydrogen) atoms. The average Bonchev–Trinajstić information content (AvgIpc) is 2.33. The van der Waals surface area contributed by atoms with E-state index in [1.165, 1.54) is 11.1 Å². The zero-order valence-corrected chi connectivity index (χ0v) is 9.83. The molecule has 2 nitrogen and oxygen atoms in total. The van der Waals surface area contributed by atoms with Crippen LogP contribution in [0.25, 0.3) is 0 Å². The van der Waals surface area contributed by atoms with Gasteiger partial charge in [0.2, 0.25) is 0 Å². The van der Waals surface area contributed by atoms with E-state index in [0.717, 1.165) is 25.9 Å². The lowest BCUT2D eigenvalue weighted by atomic mass is 9.90.